The van der Waals surface area contributed by atoms with Crippen molar-refractivity contribution in [1.29, 1.82) is 0 Å². The number of para-hydroxylation sites is 1. The number of fused-ring (bicyclic) bond motifs is 1. The monoisotopic (exact) mass is 338 g/mol. The van der Waals surface area contributed by atoms with Crippen LogP contribution >= 0.6 is 0 Å². The van der Waals surface area contributed by atoms with Crippen molar-refractivity contribution in [2.45, 2.75) is 58.7 Å². The van der Waals surface area contributed by atoms with Crippen molar-refractivity contribution in [2.75, 3.05) is 11.6 Å². The lowest BCUT2D eigenvalue weighted by molar-refractivity contribution is 0.107. The third-order valence-corrected chi connectivity index (χ3v) is 5.66. The van der Waals surface area contributed by atoms with Crippen molar-refractivity contribution < 1.29 is 0 Å². The maximum absolute atomic E-state index is 12.9. The number of hydrogen-bond donors (Lipinski definition) is 0. The zero-order chi connectivity index (χ0) is 17.4. The molecule has 0 unspecified atom stereocenters. The Kier molecular flexibility index (Phi) is 4.34. The minimum atomic E-state index is 0.0870. The van der Waals surface area contributed by atoms with Crippen LogP contribution in [-0.2, 0) is 6.67 Å². The summed E-state index contributed by atoms with van der Waals surface area (Å²) in [7, 11) is 0. The summed E-state index contributed by atoms with van der Waals surface area (Å²) in [6, 6.07) is 10.8. The van der Waals surface area contributed by atoms with Gasteiger partial charge in [0.2, 0.25) is 5.95 Å². The maximum atomic E-state index is 12.9. The molecule has 5 nitrogen and oxygen atoms in total. The zero-order valence-electron chi connectivity index (χ0n) is 15.1. The fourth-order valence-electron chi connectivity index (χ4n) is 4.03. The minimum Gasteiger partial charge on any atom is -0.298 e. The number of aryl methyl sites for hydroxylation is 1. The normalized spacial score (nSPS) is 19.0. The Labute approximate surface area is 148 Å². The minimum absolute atomic E-state index is 0.0870. The van der Waals surface area contributed by atoms with Crippen LogP contribution in [-0.4, -0.2) is 27.2 Å². The van der Waals surface area contributed by atoms with Crippen LogP contribution in [0.5, 0.6) is 0 Å². The Morgan fingerprint density at radius 1 is 1.00 bits per heavy atom. The van der Waals surface area contributed by atoms with E-state index in [9.17, 15) is 4.79 Å². The summed E-state index contributed by atoms with van der Waals surface area (Å²) < 4.78 is 1.85. The number of anilines is 2. The van der Waals surface area contributed by atoms with Crippen LogP contribution in [0, 0.1) is 13.8 Å². The van der Waals surface area contributed by atoms with Gasteiger partial charge >= 0.3 is 0 Å². The molecule has 1 aliphatic carbocycles. The highest BCUT2D eigenvalue weighted by molar-refractivity contribution is 5.58. The molecule has 25 heavy (non-hydrogen) atoms. The Morgan fingerprint density at radius 3 is 2.44 bits per heavy atom. The number of aromatic nitrogens is 2. The fourth-order valence-corrected chi connectivity index (χ4v) is 4.03. The summed E-state index contributed by atoms with van der Waals surface area (Å²) in [6.07, 6.45) is 6.37. The summed E-state index contributed by atoms with van der Waals surface area (Å²) in [5.41, 5.74) is 2.75. The molecule has 2 aromatic rings. The second kappa shape index (κ2) is 6.64. The molecule has 1 saturated carbocycles. The summed E-state index contributed by atoms with van der Waals surface area (Å²) in [5.74, 6) is 0.770. The SMILES string of the molecule is Cc1nc2n(c(=O)c1C)CN(C1CCCCC1)CN2c1ccccc1. The topological polar surface area (TPSA) is 41.4 Å². The van der Waals surface area contributed by atoms with E-state index >= 15 is 0 Å². The van der Waals surface area contributed by atoms with Crippen LogP contribution < -0.4 is 10.5 Å². The molecule has 132 valence electrons. The molecular weight excluding hydrogens is 312 g/mol. The molecule has 1 aromatic heterocycles. The molecule has 2 heterocycles. The van der Waals surface area contributed by atoms with Gasteiger partial charge in [0.15, 0.2) is 0 Å². The lowest BCUT2D eigenvalue weighted by atomic mass is 9.94. The Balaban J connectivity index is 1.79. The van der Waals surface area contributed by atoms with Crippen LogP contribution in [0.2, 0.25) is 0 Å². The van der Waals surface area contributed by atoms with Gasteiger partial charge in [-0.05, 0) is 38.8 Å². The third-order valence-electron chi connectivity index (χ3n) is 5.66. The van der Waals surface area contributed by atoms with Crippen LogP contribution in [0.25, 0.3) is 0 Å². The number of benzene rings is 1. The van der Waals surface area contributed by atoms with E-state index in [1.54, 1.807) is 0 Å². The van der Waals surface area contributed by atoms with Gasteiger partial charge in [0.25, 0.3) is 5.56 Å². The van der Waals surface area contributed by atoms with Crippen molar-refractivity contribution in [1.82, 2.24) is 14.5 Å². The van der Waals surface area contributed by atoms with Gasteiger partial charge < -0.3 is 0 Å². The first-order valence-electron chi connectivity index (χ1n) is 9.30. The molecule has 1 fully saturated rings. The van der Waals surface area contributed by atoms with Gasteiger partial charge in [0.05, 0.1) is 13.3 Å². The van der Waals surface area contributed by atoms with Crippen molar-refractivity contribution in [2.24, 2.45) is 0 Å². The largest absolute Gasteiger partial charge is 0.298 e. The highest BCUT2D eigenvalue weighted by Crippen LogP contribution is 2.31. The van der Waals surface area contributed by atoms with E-state index in [1.165, 1.54) is 32.1 Å². The van der Waals surface area contributed by atoms with Gasteiger partial charge in [-0.2, -0.15) is 0 Å². The Hall–Kier alpha value is -2.14. The number of nitrogens with zero attached hydrogens (tertiary/aromatic N) is 4. The van der Waals surface area contributed by atoms with Crippen molar-refractivity contribution >= 4 is 11.6 Å². The highest BCUT2D eigenvalue weighted by atomic mass is 16.1. The van der Waals surface area contributed by atoms with Crippen molar-refractivity contribution in [3.8, 4) is 0 Å². The smallest absolute Gasteiger partial charge is 0.259 e. The molecule has 5 heteroatoms. The molecule has 2 aliphatic rings. The van der Waals surface area contributed by atoms with E-state index in [4.69, 9.17) is 4.98 Å². The Bertz CT molecular complexity index is 808. The van der Waals surface area contributed by atoms with Crippen LogP contribution in [0.3, 0.4) is 0 Å². The van der Waals surface area contributed by atoms with E-state index in [1.807, 2.05) is 36.6 Å². The van der Waals surface area contributed by atoms with Gasteiger partial charge in [-0.3, -0.25) is 19.2 Å². The maximum Gasteiger partial charge on any atom is 0.259 e. The second-order valence-electron chi connectivity index (χ2n) is 7.28. The first-order valence-corrected chi connectivity index (χ1v) is 9.30. The first kappa shape index (κ1) is 16.3. The van der Waals surface area contributed by atoms with E-state index in [2.05, 4.69) is 21.9 Å². The van der Waals surface area contributed by atoms with Gasteiger partial charge in [0.1, 0.15) is 0 Å². The predicted molar refractivity (Wildman–Crippen MR) is 100 cm³/mol. The van der Waals surface area contributed by atoms with Gasteiger partial charge in [-0.25, -0.2) is 4.98 Å². The van der Waals surface area contributed by atoms with E-state index < -0.39 is 0 Å². The highest BCUT2D eigenvalue weighted by Gasteiger charge is 2.31. The van der Waals surface area contributed by atoms with Gasteiger partial charge in [-0.1, -0.05) is 37.5 Å². The Morgan fingerprint density at radius 2 is 1.72 bits per heavy atom. The second-order valence-corrected chi connectivity index (χ2v) is 7.28. The molecule has 0 atom stereocenters. The molecule has 0 amide bonds. The molecule has 0 bridgehead atoms. The molecular formula is C20H26N4O. The summed E-state index contributed by atoms with van der Waals surface area (Å²) >= 11 is 0. The number of hydrogen-bond acceptors (Lipinski definition) is 4. The van der Waals surface area contributed by atoms with Crippen LogP contribution in [0.1, 0.15) is 43.4 Å². The van der Waals surface area contributed by atoms with E-state index in [0.29, 0.717) is 12.7 Å². The molecule has 0 radical (unpaired) electrons. The molecule has 1 aliphatic heterocycles. The molecule has 0 spiro atoms. The third kappa shape index (κ3) is 2.97. The van der Waals surface area contributed by atoms with E-state index in [0.717, 1.165) is 29.6 Å². The van der Waals surface area contributed by atoms with Gasteiger partial charge in [-0.15, -0.1) is 0 Å². The summed E-state index contributed by atoms with van der Waals surface area (Å²) in [5, 5.41) is 0. The van der Waals surface area contributed by atoms with Crippen LogP contribution in [0.4, 0.5) is 11.6 Å². The average molecular weight is 338 g/mol. The molecule has 4 rings (SSSR count). The molecule has 0 saturated heterocycles. The lowest BCUT2D eigenvalue weighted by Gasteiger charge is -2.43. The molecule has 0 N–H and O–H groups in total. The first-order chi connectivity index (χ1) is 12.1. The van der Waals surface area contributed by atoms with E-state index in [-0.39, 0.29) is 5.56 Å². The van der Waals surface area contributed by atoms with Crippen molar-refractivity contribution in [3.63, 3.8) is 0 Å². The standard InChI is InChI=1S/C20H26N4O/c1-15-16(2)21-20-23(18-11-7-4-8-12-18)13-22(14-24(20)19(15)25)17-9-5-3-6-10-17/h4,7-8,11-12,17H,3,5-6,9-10,13-14H2,1-2H3. The molecule has 1 aromatic carbocycles. The zero-order valence-corrected chi connectivity index (χ0v) is 15.1. The summed E-state index contributed by atoms with van der Waals surface area (Å²) in [4.78, 5) is 22.3. The fraction of sp³-hybridized carbons (Fsp3) is 0.500. The quantitative estimate of drug-likeness (QED) is 0.839. The van der Waals surface area contributed by atoms with Gasteiger partial charge in [0, 0.05) is 23.0 Å². The predicted octanol–water partition coefficient (Wildman–Crippen LogP) is 3.56. The number of rotatable bonds is 2. The van der Waals surface area contributed by atoms with Crippen LogP contribution in [0.15, 0.2) is 35.1 Å². The van der Waals surface area contributed by atoms with Crippen molar-refractivity contribution in [3.05, 3.63) is 51.9 Å². The lowest BCUT2D eigenvalue weighted by Crippen LogP contribution is -2.51. The average Bonchev–Trinajstić information content (AvgIpc) is 2.67. The summed E-state index contributed by atoms with van der Waals surface area (Å²) in [6.45, 7) is 5.25.